The van der Waals surface area contributed by atoms with Gasteiger partial charge >= 0.3 is 0 Å². The van der Waals surface area contributed by atoms with Gasteiger partial charge in [0.25, 0.3) is 5.91 Å². The van der Waals surface area contributed by atoms with Gasteiger partial charge in [-0.3, -0.25) is 9.59 Å². The van der Waals surface area contributed by atoms with Gasteiger partial charge < -0.3 is 15.0 Å². The third-order valence-corrected chi connectivity index (χ3v) is 6.73. The molecule has 1 fully saturated rings. The van der Waals surface area contributed by atoms with Crippen LogP contribution < -0.4 is 5.32 Å². The number of alkyl halides is 2. The van der Waals surface area contributed by atoms with Crippen molar-refractivity contribution < 1.29 is 14.3 Å². The summed E-state index contributed by atoms with van der Waals surface area (Å²) in [5, 5.41) is 3.89. The molecule has 31 heavy (non-hydrogen) atoms. The lowest BCUT2D eigenvalue weighted by Gasteiger charge is -2.18. The van der Waals surface area contributed by atoms with Crippen molar-refractivity contribution in [2.75, 3.05) is 32.6 Å². The molecule has 5 nitrogen and oxygen atoms in total. The number of amides is 2. The van der Waals surface area contributed by atoms with Crippen LogP contribution in [0.4, 0.5) is 5.69 Å². The SMILES string of the molecule is COCCN(C)C(=O)c1cc(NC(=O)C2C(c3cc(Cl)cc(Cl)c3)C2(Cl)Cl)ccc1Cl. The molecule has 2 aromatic carbocycles. The average molecular weight is 525 g/mol. The van der Waals surface area contributed by atoms with Gasteiger partial charge in [0.2, 0.25) is 5.91 Å². The molecule has 2 unspecified atom stereocenters. The van der Waals surface area contributed by atoms with Crippen molar-refractivity contribution in [3.8, 4) is 0 Å². The zero-order valence-corrected chi connectivity index (χ0v) is 20.4. The van der Waals surface area contributed by atoms with Crippen LogP contribution in [0, 0.1) is 5.92 Å². The number of benzene rings is 2. The monoisotopic (exact) mass is 522 g/mol. The largest absolute Gasteiger partial charge is 0.383 e. The van der Waals surface area contributed by atoms with Gasteiger partial charge in [-0.25, -0.2) is 0 Å². The number of nitrogens with one attached hydrogen (secondary N) is 1. The Morgan fingerprint density at radius 1 is 1.10 bits per heavy atom. The van der Waals surface area contributed by atoms with Crippen LogP contribution in [-0.4, -0.2) is 48.4 Å². The molecule has 0 radical (unpaired) electrons. The smallest absolute Gasteiger partial charge is 0.255 e. The Morgan fingerprint density at radius 2 is 1.74 bits per heavy atom. The summed E-state index contributed by atoms with van der Waals surface area (Å²) in [7, 11) is 3.20. The van der Waals surface area contributed by atoms with Crippen LogP contribution in [0.2, 0.25) is 15.1 Å². The van der Waals surface area contributed by atoms with Gasteiger partial charge in [-0.05, 0) is 42.0 Å². The van der Waals surface area contributed by atoms with Crippen LogP contribution in [0.3, 0.4) is 0 Å². The van der Waals surface area contributed by atoms with Crippen molar-refractivity contribution in [1.29, 1.82) is 0 Å². The summed E-state index contributed by atoms with van der Waals surface area (Å²) in [5.41, 5.74) is 1.33. The summed E-state index contributed by atoms with van der Waals surface area (Å²) in [4.78, 5) is 27.0. The number of carbonyl (C=O) groups excluding carboxylic acids is 2. The molecule has 2 aromatic rings. The number of hydrogen-bond acceptors (Lipinski definition) is 3. The fourth-order valence-electron chi connectivity index (χ4n) is 3.34. The van der Waals surface area contributed by atoms with Crippen LogP contribution >= 0.6 is 58.0 Å². The molecule has 10 heteroatoms. The zero-order chi connectivity index (χ0) is 22.9. The molecule has 1 saturated carbocycles. The summed E-state index contributed by atoms with van der Waals surface area (Å²) >= 11 is 31.1. The van der Waals surface area contributed by atoms with Crippen molar-refractivity contribution in [3.63, 3.8) is 0 Å². The Morgan fingerprint density at radius 3 is 2.35 bits per heavy atom. The number of rotatable bonds is 7. The van der Waals surface area contributed by atoms with Crippen LogP contribution in [-0.2, 0) is 9.53 Å². The maximum atomic E-state index is 12.9. The second-order valence-corrected chi connectivity index (χ2v) is 9.96. The van der Waals surface area contributed by atoms with E-state index in [0.29, 0.717) is 34.4 Å². The van der Waals surface area contributed by atoms with Crippen molar-refractivity contribution in [1.82, 2.24) is 4.90 Å². The minimum atomic E-state index is -1.30. The first-order valence-corrected chi connectivity index (χ1v) is 11.1. The van der Waals surface area contributed by atoms with Crippen molar-refractivity contribution in [2.45, 2.75) is 10.3 Å². The van der Waals surface area contributed by atoms with E-state index in [1.807, 2.05) is 0 Å². The third kappa shape index (κ3) is 5.41. The lowest BCUT2D eigenvalue weighted by molar-refractivity contribution is -0.117. The number of nitrogens with zero attached hydrogens (tertiary/aromatic N) is 1. The summed E-state index contributed by atoms with van der Waals surface area (Å²) in [6.07, 6.45) is 0. The maximum Gasteiger partial charge on any atom is 0.255 e. The van der Waals surface area contributed by atoms with E-state index < -0.39 is 16.2 Å². The van der Waals surface area contributed by atoms with Crippen LogP contribution in [0.25, 0.3) is 0 Å². The molecule has 0 spiro atoms. The standard InChI is InChI=1S/C21H19Cl5N2O3/c1-28(5-6-31-2)20(30)15-10-14(3-4-16(15)24)27-19(29)18-17(21(18,25)26)11-7-12(22)9-13(23)8-11/h3-4,7-10,17-18H,5-6H2,1-2H3,(H,27,29). The van der Waals surface area contributed by atoms with E-state index in [1.54, 1.807) is 44.5 Å². The van der Waals surface area contributed by atoms with Gasteiger partial charge in [0.05, 0.1) is 23.1 Å². The van der Waals surface area contributed by atoms with E-state index in [9.17, 15) is 9.59 Å². The van der Waals surface area contributed by atoms with E-state index in [1.165, 1.54) is 11.0 Å². The molecule has 0 heterocycles. The first-order valence-electron chi connectivity index (χ1n) is 9.25. The lowest BCUT2D eigenvalue weighted by Crippen LogP contribution is -2.30. The number of likely N-dealkylation sites (N-methyl/N-ethyl adjacent to an activating group) is 1. The number of methoxy groups -OCH3 is 1. The normalized spacial score (nSPS) is 19.1. The summed E-state index contributed by atoms with van der Waals surface area (Å²) in [6, 6.07) is 9.61. The number of hydrogen-bond donors (Lipinski definition) is 1. The third-order valence-electron chi connectivity index (χ3n) is 5.02. The zero-order valence-electron chi connectivity index (χ0n) is 16.6. The van der Waals surface area contributed by atoms with Gasteiger partial charge in [0.1, 0.15) is 4.33 Å². The van der Waals surface area contributed by atoms with Crippen LogP contribution in [0.5, 0.6) is 0 Å². The molecular weight excluding hydrogens is 506 g/mol. The summed E-state index contributed by atoms with van der Waals surface area (Å²) in [6.45, 7) is 0.787. The van der Waals surface area contributed by atoms with Gasteiger partial charge in [-0.1, -0.05) is 34.8 Å². The van der Waals surface area contributed by atoms with Crippen molar-refractivity contribution >= 4 is 75.5 Å². The Labute approximate surface area is 205 Å². The highest BCUT2D eigenvalue weighted by atomic mass is 35.5. The van der Waals surface area contributed by atoms with Gasteiger partial charge in [-0.2, -0.15) is 0 Å². The number of carbonyl (C=O) groups is 2. The molecular formula is C21H19Cl5N2O3. The molecule has 0 aromatic heterocycles. The van der Waals surface area contributed by atoms with Crippen LogP contribution in [0.1, 0.15) is 21.8 Å². The Hall–Kier alpha value is -1.21. The Kier molecular flexibility index (Phi) is 7.67. The molecule has 1 aliphatic carbocycles. The second-order valence-electron chi connectivity index (χ2n) is 7.24. The minimum Gasteiger partial charge on any atom is -0.383 e. The summed E-state index contributed by atoms with van der Waals surface area (Å²) < 4.78 is 3.69. The van der Waals surface area contributed by atoms with E-state index in [4.69, 9.17) is 62.7 Å². The minimum absolute atomic E-state index is 0.259. The highest BCUT2D eigenvalue weighted by molar-refractivity contribution is 6.53. The molecule has 0 saturated heterocycles. The fourth-order valence-corrected chi connectivity index (χ4v) is 4.91. The van der Waals surface area contributed by atoms with Crippen molar-refractivity contribution in [2.24, 2.45) is 5.92 Å². The molecule has 166 valence electrons. The highest BCUT2D eigenvalue weighted by Gasteiger charge is 2.67. The van der Waals surface area contributed by atoms with E-state index in [0.717, 1.165) is 0 Å². The van der Waals surface area contributed by atoms with E-state index in [2.05, 4.69) is 5.32 Å². The fraction of sp³-hybridized carbons (Fsp3) is 0.333. The van der Waals surface area contributed by atoms with Gasteiger partial charge in [-0.15, -0.1) is 23.2 Å². The molecule has 2 atom stereocenters. The quantitative estimate of drug-likeness (QED) is 0.460. The number of halogens is 5. The molecule has 0 aliphatic heterocycles. The number of ether oxygens (including phenoxy) is 1. The first kappa shape index (κ1) is 24.4. The predicted molar refractivity (Wildman–Crippen MR) is 126 cm³/mol. The van der Waals surface area contributed by atoms with Crippen LogP contribution in [0.15, 0.2) is 36.4 Å². The van der Waals surface area contributed by atoms with Gasteiger partial charge in [0.15, 0.2) is 0 Å². The molecule has 0 bridgehead atoms. The molecule has 2 amide bonds. The van der Waals surface area contributed by atoms with E-state index in [-0.39, 0.29) is 22.4 Å². The topological polar surface area (TPSA) is 58.6 Å². The molecule has 1 N–H and O–H groups in total. The molecule has 3 rings (SSSR count). The highest BCUT2D eigenvalue weighted by Crippen LogP contribution is 2.65. The first-order chi connectivity index (χ1) is 14.6. The number of anilines is 1. The molecule has 1 aliphatic rings. The average Bonchev–Trinajstić information content (AvgIpc) is 3.28. The van der Waals surface area contributed by atoms with Gasteiger partial charge in [0, 0.05) is 42.4 Å². The maximum absolute atomic E-state index is 12.9. The Bertz CT molecular complexity index is 994. The Balaban J connectivity index is 1.77. The summed E-state index contributed by atoms with van der Waals surface area (Å²) in [5.74, 6) is -1.87. The van der Waals surface area contributed by atoms with E-state index >= 15 is 0 Å². The second kappa shape index (κ2) is 9.74. The lowest BCUT2D eigenvalue weighted by atomic mass is 10.1. The van der Waals surface area contributed by atoms with Crippen molar-refractivity contribution in [3.05, 3.63) is 62.6 Å². The predicted octanol–water partition coefficient (Wildman–Crippen LogP) is 5.89.